The van der Waals surface area contributed by atoms with E-state index in [0.717, 1.165) is 0 Å². The van der Waals surface area contributed by atoms with Gasteiger partial charge in [0.25, 0.3) is 20.2 Å². The van der Waals surface area contributed by atoms with Crippen molar-refractivity contribution in [2.24, 2.45) is 30.7 Å². The van der Waals surface area contributed by atoms with Crippen LogP contribution in [0.15, 0.2) is 162 Å². The first-order valence-corrected chi connectivity index (χ1v) is 16.4. The van der Waals surface area contributed by atoms with Crippen molar-refractivity contribution in [3.63, 3.8) is 0 Å². The molecule has 0 fully saturated rings. The summed E-state index contributed by atoms with van der Waals surface area (Å²) in [5, 5.41) is 27.7. The van der Waals surface area contributed by atoms with Gasteiger partial charge in [0.05, 0.1) is 39.0 Å². The van der Waals surface area contributed by atoms with Crippen LogP contribution in [0.3, 0.4) is 0 Å². The normalized spacial score (nSPS) is 12.7. The highest BCUT2D eigenvalue weighted by Crippen LogP contribution is 2.40. The van der Waals surface area contributed by atoms with Crippen LogP contribution in [0.5, 0.6) is 0 Å². The summed E-state index contributed by atoms with van der Waals surface area (Å²) in [7, 11) is -9.02. The molecule has 2 N–H and O–H groups in total. The van der Waals surface area contributed by atoms with Gasteiger partial charge in [-0.3, -0.25) is 9.11 Å². The van der Waals surface area contributed by atoms with E-state index in [1.165, 1.54) is 30.3 Å². The number of rotatable bonds is 8. The van der Waals surface area contributed by atoms with E-state index in [2.05, 4.69) is 30.7 Å². The molecule has 0 amide bonds. The van der Waals surface area contributed by atoms with E-state index < -0.39 is 20.2 Å². The monoisotopic (exact) mass is 650 g/mol. The predicted octanol–water partition coefficient (Wildman–Crippen LogP) is 9.73. The zero-order chi connectivity index (χ0) is 32.3. The van der Waals surface area contributed by atoms with E-state index in [4.69, 9.17) is 0 Å². The van der Waals surface area contributed by atoms with Gasteiger partial charge in [-0.1, -0.05) is 60.7 Å². The summed E-state index contributed by atoms with van der Waals surface area (Å²) in [6, 6.07) is 32.6. The lowest BCUT2D eigenvalue weighted by Crippen LogP contribution is -1.99. The summed E-state index contributed by atoms with van der Waals surface area (Å²) in [6.07, 6.45) is 0. The Morgan fingerprint density at radius 3 is 1.52 bits per heavy atom. The molecule has 0 bridgehead atoms. The number of hydrogen-bond acceptors (Lipinski definition) is 10. The minimum Gasteiger partial charge on any atom is -0.282 e. The number of hydrogen-bond donors (Lipinski definition) is 2. The smallest absolute Gasteiger partial charge is 0.282 e. The molecule has 6 aromatic rings. The van der Waals surface area contributed by atoms with E-state index in [1.807, 2.05) is 30.3 Å². The van der Waals surface area contributed by atoms with Crippen LogP contribution >= 0.6 is 0 Å². The van der Waals surface area contributed by atoms with Crippen molar-refractivity contribution in [2.45, 2.75) is 9.79 Å². The Balaban J connectivity index is 1.40. The maximum absolute atomic E-state index is 12.3. The Morgan fingerprint density at radius 2 is 0.891 bits per heavy atom. The van der Waals surface area contributed by atoms with E-state index in [-0.39, 0.29) is 26.6 Å². The standard InChI is InChI=1S/C32H22N6O6S2/c39-45(40,41)23-11-6-10-22(20-23)34-35-27-16-17-28(25-13-5-4-12-24(25)27)36-37-29-18-19-30(38-33-21-8-2-1-3-9-21)32-26(29)14-7-15-31(32)46(42,43)44/h1-20H,(H,39,40,41)(H,42,43,44). The molecule has 12 nitrogen and oxygen atoms in total. The maximum atomic E-state index is 12.3. The van der Waals surface area contributed by atoms with Crippen LogP contribution in [0.1, 0.15) is 0 Å². The van der Waals surface area contributed by atoms with Crippen molar-refractivity contribution in [2.75, 3.05) is 0 Å². The van der Waals surface area contributed by atoms with E-state index >= 15 is 0 Å². The number of nitrogens with zero attached hydrogens (tertiary/aromatic N) is 6. The van der Waals surface area contributed by atoms with Crippen LogP contribution in [-0.4, -0.2) is 25.9 Å². The molecule has 0 spiro atoms. The Bertz CT molecular complexity index is 2430. The van der Waals surface area contributed by atoms with Crippen molar-refractivity contribution in [3.05, 3.63) is 121 Å². The van der Waals surface area contributed by atoms with E-state index in [0.29, 0.717) is 38.9 Å². The summed E-state index contributed by atoms with van der Waals surface area (Å²) in [6.45, 7) is 0. The summed E-state index contributed by atoms with van der Waals surface area (Å²) in [4.78, 5) is -0.639. The summed E-state index contributed by atoms with van der Waals surface area (Å²) in [5.74, 6) is 0. The van der Waals surface area contributed by atoms with Crippen molar-refractivity contribution in [1.82, 2.24) is 0 Å². The molecule has 0 atom stereocenters. The number of azo groups is 3. The van der Waals surface area contributed by atoms with Crippen molar-refractivity contribution in [3.8, 4) is 0 Å². The Kier molecular flexibility index (Phi) is 8.25. The zero-order valence-corrected chi connectivity index (χ0v) is 25.2. The van der Waals surface area contributed by atoms with Crippen LogP contribution in [0, 0.1) is 0 Å². The second-order valence-electron chi connectivity index (χ2n) is 9.81. The van der Waals surface area contributed by atoms with Gasteiger partial charge < -0.3 is 0 Å². The fraction of sp³-hybridized carbons (Fsp3) is 0. The molecule has 0 aromatic heterocycles. The van der Waals surface area contributed by atoms with Crippen molar-refractivity contribution >= 4 is 75.9 Å². The molecule has 0 saturated heterocycles. The van der Waals surface area contributed by atoms with Gasteiger partial charge in [-0.25, -0.2) is 0 Å². The minimum atomic E-state index is -4.62. The lowest BCUT2D eigenvalue weighted by atomic mass is 10.1. The van der Waals surface area contributed by atoms with Gasteiger partial charge in [0.1, 0.15) is 4.90 Å². The molecule has 6 rings (SSSR count). The second kappa shape index (κ2) is 12.5. The third-order valence-corrected chi connectivity index (χ3v) is 8.54. The van der Waals surface area contributed by atoms with Gasteiger partial charge in [0.2, 0.25) is 0 Å². The topological polar surface area (TPSA) is 183 Å². The zero-order valence-electron chi connectivity index (χ0n) is 23.6. The lowest BCUT2D eigenvalue weighted by molar-refractivity contribution is 0.481. The first-order valence-electron chi connectivity index (χ1n) is 13.5. The highest BCUT2D eigenvalue weighted by Gasteiger charge is 2.19. The SMILES string of the molecule is O=S(=O)(O)c1cccc(N=Nc2ccc(N=Nc3ccc(N=Nc4ccccc4)c4c(S(=O)(=O)O)cccc34)c3ccccc23)c1. The Labute approximate surface area is 263 Å². The molecule has 228 valence electrons. The van der Waals surface area contributed by atoms with E-state index in [9.17, 15) is 25.9 Å². The van der Waals surface area contributed by atoms with Gasteiger partial charge in [-0.05, 0) is 60.7 Å². The quantitative estimate of drug-likeness (QED) is 0.122. The fourth-order valence-corrected chi connectivity index (χ4v) is 5.94. The summed E-state index contributed by atoms with van der Waals surface area (Å²) in [5.41, 5.74) is 2.29. The molecular formula is C32H22N6O6S2. The predicted molar refractivity (Wildman–Crippen MR) is 173 cm³/mol. The Hall–Kier alpha value is -5.54. The fourth-order valence-electron chi connectivity index (χ4n) is 4.70. The molecule has 0 aliphatic carbocycles. The first-order chi connectivity index (χ1) is 22.1. The molecule has 0 radical (unpaired) electrons. The molecular weight excluding hydrogens is 629 g/mol. The van der Waals surface area contributed by atoms with Gasteiger partial charge >= 0.3 is 0 Å². The van der Waals surface area contributed by atoms with Gasteiger partial charge in [-0.2, -0.15) is 27.1 Å². The maximum Gasteiger partial charge on any atom is 0.295 e. The number of benzene rings is 6. The molecule has 0 aliphatic rings. The molecule has 6 aromatic carbocycles. The molecule has 0 heterocycles. The van der Waals surface area contributed by atoms with Gasteiger partial charge in [-0.15, -0.1) is 20.5 Å². The molecule has 0 unspecified atom stereocenters. The largest absolute Gasteiger partial charge is 0.295 e. The van der Waals surface area contributed by atoms with Crippen LogP contribution in [0.25, 0.3) is 21.5 Å². The first kappa shape index (κ1) is 30.5. The molecule has 14 heteroatoms. The van der Waals surface area contributed by atoms with Crippen LogP contribution in [-0.2, 0) is 20.2 Å². The summed E-state index contributed by atoms with van der Waals surface area (Å²) < 4.78 is 66.9. The average Bonchev–Trinajstić information content (AvgIpc) is 3.05. The van der Waals surface area contributed by atoms with Crippen LogP contribution in [0.4, 0.5) is 34.1 Å². The van der Waals surface area contributed by atoms with Gasteiger partial charge in [0, 0.05) is 21.5 Å². The van der Waals surface area contributed by atoms with Crippen molar-refractivity contribution in [1.29, 1.82) is 0 Å². The van der Waals surface area contributed by atoms with Crippen LogP contribution in [0.2, 0.25) is 0 Å². The van der Waals surface area contributed by atoms with Crippen molar-refractivity contribution < 1.29 is 25.9 Å². The van der Waals surface area contributed by atoms with Gasteiger partial charge in [0.15, 0.2) is 0 Å². The highest BCUT2D eigenvalue weighted by atomic mass is 32.2. The average molecular weight is 651 g/mol. The molecule has 0 saturated carbocycles. The summed E-state index contributed by atoms with van der Waals surface area (Å²) >= 11 is 0. The van der Waals surface area contributed by atoms with E-state index in [1.54, 1.807) is 60.7 Å². The molecule has 0 aliphatic heterocycles. The minimum absolute atomic E-state index is 0.139. The highest BCUT2D eigenvalue weighted by molar-refractivity contribution is 7.86. The van der Waals surface area contributed by atoms with Crippen LogP contribution < -0.4 is 0 Å². The number of fused-ring (bicyclic) bond motifs is 2. The third kappa shape index (κ3) is 6.60. The lowest BCUT2D eigenvalue weighted by Gasteiger charge is -2.09. The Morgan fingerprint density at radius 1 is 0.413 bits per heavy atom. The molecule has 46 heavy (non-hydrogen) atoms. The third-order valence-electron chi connectivity index (χ3n) is 6.80. The second-order valence-corrected chi connectivity index (χ2v) is 12.6.